The van der Waals surface area contributed by atoms with E-state index in [0.717, 1.165) is 69.4 Å². The summed E-state index contributed by atoms with van der Waals surface area (Å²) in [6, 6.07) is 0. The number of hydrogen-bond acceptors (Lipinski definition) is 6. The van der Waals surface area contributed by atoms with Gasteiger partial charge in [-0.15, -0.1) is 11.3 Å². The van der Waals surface area contributed by atoms with E-state index >= 15 is 0 Å². The Balaban J connectivity index is 1.57. The van der Waals surface area contributed by atoms with Gasteiger partial charge in [0.05, 0.1) is 29.1 Å². The smallest absolute Gasteiger partial charge is 0.223 e. The number of thiophene rings is 1. The quantitative estimate of drug-likeness (QED) is 0.829. The van der Waals surface area contributed by atoms with E-state index in [-0.39, 0.29) is 0 Å². The highest BCUT2D eigenvalue weighted by Gasteiger charge is 2.11. The second-order valence-corrected chi connectivity index (χ2v) is 6.56. The first kappa shape index (κ1) is 15.6. The summed E-state index contributed by atoms with van der Waals surface area (Å²) in [5.41, 5.74) is 3.50. The number of ether oxygens (including phenoxy) is 1. The number of hydrogen-bond donors (Lipinski definition) is 1. The molecule has 5 nitrogen and oxygen atoms in total. The molecule has 0 atom stereocenters. The lowest BCUT2D eigenvalue weighted by atomic mass is 10.2. The van der Waals surface area contributed by atoms with Crippen LogP contribution in [0.15, 0.2) is 5.38 Å². The molecule has 0 bridgehead atoms. The molecule has 2 aromatic rings. The summed E-state index contributed by atoms with van der Waals surface area (Å²) in [5.74, 6) is 0.771. The number of nitrogens with zero attached hydrogens (tertiary/aromatic N) is 3. The van der Waals surface area contributed by atoms with E-state index in [9.17, 15) is 0 Å². The maximum atomic E-state index is 5.37. The van der Waals surface area contributed by atoms with E-state index in [1.165, 1.54) is 10.3 Å². The lowest BCUT2D eigenvalue weighted by Crippen LogP contribution is -2.37. The zero-order chi connectivity index (χ0) is 15.4. The highest BCUT2D eigenvalue weighted by Crippen LogP contribution is 2.27. The normalized spacial score (nSPS) is 16.3. The molecule has 1 fully saturated rings. The number of rotatable bonds is 6. The van der Waals surface area contributed by atoms with Crippen LogP contribution >= 0.6 is 11.3 Å². The molecule has 120 valence electrons. The third kappa shape index (κ3) is 3.56. The van der Waals surface area contributed by atoms with Crippen molar-refractivity contribution in [2.45, 2.75) is 26.7 Å². The Morgan fingerprint density at radius 2 is 2.14 bits per heavy atom. The summed E-state index contributed by atoms with van der Waals surface area (Å²) in [4.78, 5) is 11.8. The van der Waals surface area contributed by atoms with E-state index in [4.69, 9.17) is 4.74 Å². The van der Waals surface area contributed by atoms with Crippen LogP contribution in [0.1, 0.15) is 24.6 Å². The SMILES string of the molecule is CCc1nc(NCCCN2CCOCC2)nc2c(C)csc12. The Morgan fingerprint density at radius 3 is 2.91 bits per heavy atom. The average Bonchev–Trinajstić information content (AvgIpc) is 2.93. The van der Waals surface area contributed by atoms with Crippen LogP contribution in [-0.4, -0.2) is 54.3 Å². The molecule has 1 saturated heterocycles. The van der Waals surface area contributed by atoms with Gasteiger partial charge < -0.3 is 10.1 Å². The van der Waals surface area contributed by atoms with Crippen LogP contribution in [0.25, 0.3) is 10.2 Å². The van der Waals surface area contributed by atoms with Crippen molar-refractivity contribution in [2.75, 3.05) is 44.7 Å². The van der Waals surface area contributed by atoms with Crippen molar-refractivity contribution in [1.29, 1.82) is 0 Å². The molecule has 3 rings (SSSR count). The van der Waals surface area contributed by atoms with Gasteiger partial charge in [-0.3, -0.25) is 4.90 Å². The van der Waals surface area contributed by atoms with E-state index < -0.39 is 0 Å². The van der Waals surface area contributed by atoms with Crippen molar-refractivity contribution >= 4 is 27.5 Å². The third-order valence-electron chi connectivity index (χ3n) is 4.04. The second kappa shape index (κ2) is 7.35. The molecule has 1 N–H and O–H groups in total. The third-order valence-corrected chi connectivity index (χ3v) is 5.17. The molecule has 0 saturated carbocycles. The number of fused-ring (bicyclic) bond motifs is 1. The first-order valence-electron chi connectivity index (χ1n) is 8.06. The summed E-state index contributed by atoms with van der Waals surface area (Å²) in [6.45, 7) is 10.1. The van der Waals surface area contributed by atoms with Crippen LogP contribution in [0.2, 0.25) is 0 Å². The zero-order valence-electron chi connectivity index (χ0n) is 13.4. The van der Waals surface area contributed by atoms with Gasteiger partial charge in [0.1, 0.15) is 0 Å². The van der Waals surface area contributed by atoms with Gasteiger partial charge in [-0.1, -0.05) is 6.92 Å². The molecule has 0 radical (unpaired) electrons. The van der Waals surface area contributed by atoms with Crippen molar-refractivity contribution in [3.8, 4) is 0 Å². The topological polar surface area (TPSA) is 50.3 Å². The Bertz CT molecular complexity index is 622. The highest BCUT2D eigenvalue weighted by atomic mass is 32.1. The monoisotopic (exact) mass is 320 g/mol. The van der Waals surface area contributed by atoms with Crippen LogP contribution < -0.4 is 5.32 Å². The molecule has 1 aliphatic heterocycles. The average molecular weight is 320 g/mol. The largest absolute Gasteiger partial charge is 0.379 e. The van der Waals surface area contributed by atoms with E-state index in [1.807, 2.05) is 0 Å². The standard InChI is InChI=1S/C16H24N4OS/c1-3-13-15-14(12(2)11-22-15)19-16(18-13)17-5-4-6-20-7-9-21-10-8-20/h11H,3-10H2,1-2H3,(H,17,18,19). The first-order valence-corrected chi connectivity index (χ1v) is 8.94. The summed E-state index contributed by atoms with van der Waals surface area (Å²) >= 11 is 1.75. The van der Waals surface area contributed by atoms with Crippen molar-refractivity contribution < 1.29 is 4.74 Å². The molecule has 22 heavy (non-hydrogen) atoms. The lowest BCUT2D eigenvalue weighted by Gasteiger charge is -2.26. The van der Waals surface area contributed by atoms with Crippen LogP contribution in [0.4, 0.5) is 5.95 Å². The van der Waals surface area contributed by atoms with Gasteiger partial charge in [0.25, 0.3) is 0 Å². The number of anilines is 1. The highest BCUT2D eigenvalue weighted by molar-refractivity contribution is 7.17. The zero-order valence-corrected chi connectivity index (χ0v) is 14.2. The molecule has 3 heterocycles. The van der Waals surface area contributed by atoms with Gasteiger partial charge in [0.2, 0.25) is 5.95 Å². The predicted molar refractivity (Wildman–Crippen MR) is 91.9 cm³/mol. The molecule has 0 spiro atoms. The molecule has 0 amide bonds. The minimum absolute atomic E-state index is 0.771. The minimum Gasteiger partial charge on any atom is -0.379 e. The van der Waals surface area contributed by atoms with Gasteiger partial charge in [0, 0.05) is 19.6 Å². The van der Waals surface area contributed by atoms with Crippen LogP contribution in [0, 0.1) is 6.92 Å². The van der Waals surface area contributed by atoms with Gasteiger partial charge in [-0.2, -0.15) is 0 Å². The fourth-order valence-corrected chi connectivity index (χ4v) is 3.79. The fourth-order valence-electron chi connectivity index (χ4n) is 2.74. The van der Waals surface area contributed by atoms with Gasteiger partial charge in [0.15, 0.2) is 0 Å². The number of morpholine rings is 1. The van der Waals surface area contributed by atoms with Gasteiger partial charge >= 0.3 is 0 Å². The summed E-state index contributed by atoms with van der Waals surface area (Å²) in [6.07, 6.45) is 2.05. The molecule has 1 aliphatic rings. The number of aromatic nitrogens is 2. The predicted octanol–water partition coefficient (Wildman–Crippen LogP) is 2.70. The van der Waals surface area contributed by atoms with Crippen molar-refractivity contribution in [1.82, 2.24) is 14.9 Å². The first-order chi connectivity index (χ1) is 10.8. The van der Waals surface area contributed by atoms with Gasteiger partial charge in [-0.25, -0.2) is 9.97 Å². The maximum absolute atomic E-state index is 5.37. The minimum atomic E-state index is 0.771. The van der Waals surface area contributed by atoms with E-state index in [2.05, 4.69) is 39.4 Å². The Hall–Kier alpha value is -1.24. The Kier molecular flexibility index (Phi) is 5.23. The Labute approximate surface area is 135 Å². The summed E-state index contributed by atoms with van der Waals surface area (Å²) in [7, 11) is 0. The Morgan fingerprint density at radius 1 is 1.32 bits per heavy atom. The maximum Gasteiger partial charge on any atom is 0.223 e. The molecule has 2 aromatic heterocycles. The van der Waals surface area contributed by atoms with Crippen LogP contribution in [0.3, 0.4) is 0 Å². The summed E-state index contributed by atoms with van der Waals surface area (Å²) < 4.78 is 6.60. The van der Waals surface area contributed by atoms with Crippen molar-refractivity contribution in [3.05, 3.63) is 16.6 Å². The van der Waals surface area contributed by atoms with Crippen LogP contribution in [0.5, 0.6) is 0 Å². The number of nitrogens with one attached hydrogen (secondary N) is 1. The molecular formula is C16H24N4OS. The second-order valence-electron chi connectivity index (χ2n) is 5.68. The molecule has 0 aromatic carbocycles. The summed E-state index contributed by atoms with van der Waals surface area (Å²) in [5, 5.41) is 5.56. The van der Waals surface area contributed by atoms with Crippen LogP contribution in [-0.2, 0) is 11.2 Å². The van der Waals surface area contributed by atoms with Gasteiger partial charge in [-0.05, 0) is 37.3 Å². The molecule has 0 unspecified atom stereocenters. The van der Waals surface area contributed by atoms with E-state index in [0.29, 0.717) is 0 Å². The lowest BCUT2D eigenvalue weighted by molar-refractivity contribution is 0.0378. The van der Waals surface area contributed by atoms with E-state index in [1.54, 1.807) is 11.3 Å². The molecular weight excluding hydrogens is 296 g/mol. The fraction of sp³-hybridized carbons (Fsp3) is 0.625. The van der Waals surface area contributed by atoms with Crippen molar-refractivity contribution in [3.63, 3.8) is 0 Å². The molecule has 0 aliphatic carbocycles. The van der Waals surface area contributed by atoms with Crippen molar-refractivity contribution in [2.24, 2.45) is 0 Å². The number of aryl methyl sites for hydroxylation is 2. The molecule has 6 heteroatoms.